The minimum absolute atomic E-state index is 1.18. The fourth-order valence-electron chi connectivity index (χ4n) is 6.65. The fraction of sp³-hybridized carbons (Fsp3) is 0. The molecule has 0 aliphatic carbocycles. The van der Waals surface area contributed by atoms with Crippen molar-refractivity contribution in [3.8, 4) is 16.8 Å². The van der Waals surface area contributed by atoms with Gasteiger partial charge < -0.3 is 4.57 Å². The molecule has 0 bridgehead atoms. The quantitative estimate of drug-likeness (QED) is 0.198. The third kappa shape index (κ3) is 2.97. The van der Waals surface area contributed by atoms with Crippen molar-refractivity contribution in [2.45, 2.75) is 0 Å². The van der Waals surface area contributed by atoms with Crippen LogP contribution in [0.15, 0.2) is 140 Å². The SMILES string of the molecule is c1ccc(-c2cccc(-n3c4ccccc4c4c5ccc6ccccc6c5c5sc6ccccc6c5c43)c2)cc1. The predicted octanol–water partition coefficient (Wildman–Crippen LogP) is 11.1. The van der Waals surface area contributed by atoms with Crippen LogP contribution in [0.4, 0.5) is 0 Å². The van der Waals surface area contributed by atoms with E-state index in [0.717, 1.165) is 0 Å². The predicted molar refractivity (Wildman–Crippen MR) is 174 cm³/mol. The lowest BCUT2D eigenvalue weighted by atomic mass is 9.95. The van der Waals surface area contributed by atoms with Crippen LogP contribution in [0.5, 0.6) is 0 Å². The number of nitrogens with zero attached hydrogens (tertiary/aromatic N) is 1. The van der Waals surface area contributed by atoms with E-state index >= 15 is 0 Å². The molecule has 0 fully saturated rings. The highest BCUT2D eigenvalue weighted by Crippen LogP contribution is 2.49. The molecule has 0 amide bonds. The van der Waals surface area contributed by atoms with Crippen molar-refractivity contribution in [2.75, 3.05) is 0 Å². The third-order valence-electron chi connectivity index (χ3n) is 8.34. The van der Waals surface area contributed by atoms with Gasteiger partial charge in [0, 0.05) is 42.0 Å². The highest BCUT2D eigenvalue weighted by molar-refractivity contribution is 7.27. The molecule has 2 heteroatoms. The van der Waals surface area contributed by atoms with E-state index in [1.165, 1.54) is 80.3 Å². The Morgan fingerprint density at radius 1 is 0.450 bits per heavy atom. The van der Waals surface area contributed by atoms with Crippen molar-refractivity contribution in [2.24, 2.45) is 0 Å². The third-order valence-corrected chi connectivity index (χ3v) is 9.53. The van der Waals surface area contributed by atoms with Crippen molar-refractivity contribution in [3.05, 3.63) is 140 Å². The lowest BCUT2D eigenvalue weighted by molar-refractivity contribution is 1.19. The zero-order valence-electron chi connectivity index (χ0n) is 21.6. The second-order valence-electron chi connectivity index (χ2n) is 10.5. The summed E-state index contributed by atoms with van der Waals surface area (Å²) in [5, 5.41) is 10.6. The van der Waals surface area contributed by atoms with Crippen molar-refractivity contribution in [3.63, 3.8) is 0 Å². The highest BCUT2D eigenvalue weighted by atomic mass is 32.1. The number of benzene rings is 7. The summed E-state index contributed by atoms with van der Waals surface area (Å²) in [7, 11) is 0. The first-order chi connectivity index (χ1) is 19.9. The maximum atomic E-state index is 2.51. The molecule has 1 nitrogen and oxygen atoms in total. The molecule has 9 rings (SSSR count). The number of rotatable bonds is 2. The van der Waals surface area contributed by atoms with E-state index in [4.69, 9.17) is 0 Å². The summed E-state index contributed by atoms with van der Waals surface area (Å²) in [6.45, 7) is 0. The molecule has 40 heavy (non-hydrogen) atoms. The van der Waals surface area contributed by atoms with E-state index < -0.39 is 0 Å². The van der Waals surface area contributed by atoms with Crippen LogP contribution in [0.25, 0.3) is 80.3 Å². The van der Waals surface area contributed by atoms with Crippen molar-refractivity contribution < 1.29 is 0 Å². The van der Waals surface area contributed by atoms with Gasteiger partial charge in [-0.2, -0.15) is 0 Å². The second-order valence-corrected chi connectivity index (χ2v) is 11.6. The van der Waals surface area contributed by atoms with Gasteiger partial charge in [-0.15, -0.1) is 11.3 Å². The Morgan fingerprint density at radius 3 is 2.08 bits per heavy atom. The van der Waals surface area contributed by atoms with Crippen molar-refractivity contribution >= 4 is 74.9 Å². The molecule has 7 aromatic carbocycles. The summed E-state index contributed by atoms with van der Waals surface area (Å²) in [4.78, 5) is 0. The summed E-state index contributed by atoms with van der Waals surface area (Å²) < 4.78 is 5.20. The minimum Gasteiger partial charge on any atom is -0.309 e. The van der Waals surface area contributed by atoms with E-state index in [9.17, 15) is 0 Å². The standard InChI is InChI=1S/C38H23NS/c1-2-11-24(12-3-1)26-14-10-15-27(23-26)39-32-19-8-6-17-29(32)34-31-22-21-25-13-4-5-16-28(25)35(31)38-36(37(34)39)30-18-7-9-20-33(30)40-38/h1-23H. The van der Waals surface area contributed by atoms with E-state index in [0.29, 0.717) is 0 Å². The molecule has 9 aromatic rings. The first-order valence-electron chi connectivity index (χ1n) is 13.7. The Kier molecular flexibility index (Phi) is 4.55. The first-order valence-corrected chi connectivity index (χ1v) is 14.5. The van der Waals surface area contributed by atoms with Gasteiger partial charge in [-0.05, 0) is 51.6 Å². The Hall–Kier alpha value is -4.92. The first kappa shape index (κ1) is 22.0. The second kappa shape index (κ2) is 8.29. The van der Waals surface area contributed by atoms with Gasteiger partial charge in [0.25, 0.3) is 0 Å². The van der Waals surface area contributed by atoms with Crippen LogP contribution in [0.1, 0.15) is 0 Å². The van der Waals surface area contributed by atoms with Crippen molar-refractivity contribution in [1.82, 2.24) is 4.57 Å². The Balaban J connectivity index is 1.56. The average molecular weight is 526 g/mol. The molecular weight excluding hydrogens is 502 g/mol. The van der Waals surface area contributed by atoms with E-state index in [1.54, 1.807) is 0 Å². The number of aromatic nitrogens is 1. The number of fused-ring (bicyclic) bond motifs is 12. The van der Waals surface area contributed by atoms with E-state index in [-0.39, 0.29) is 0 Å². The molecule has 0 unspecified atom stereocenters. The average Bonchev–Trinajstić information content (AvgIpc) is 3.58. The van der Waals surface area contributed by atoms with Gasteiger partial charge >= 0.3 is 0 Å². The molecular formula is C38H23NS. The molecule has 0 aliphatic heterocycles. The van der Waals surface area contributed by atoms with Gasteiger partial charge in [0.05, 0.1) is 11.0 Å². The van der Waals surface area contributed by atoms with Gasteiger partial charge in [0.1, 0.15) is 0 Å². The van der Waals surface area contributed by atoms with Crippen LogP contribution in [0, 0.1) is 0 Å². The van der Waals surface area contributed by atoms with Crippen molar-refractivity contribution in [1.29, 1.82) is 0 Å². The summed E-state index contributed by atoms with van der Waals surface area (Å²) in [6.07, 6.45) is 0. The molecule has 0 spiro atoms. The Morgan fingerprint density at radius 2 is 1.18 bits per heavy atom. The maximum absolute atomic E-state index is 2.51. The van der Waals surface area contributed by atoms with Crippen LogP contribution in [-0.2, 0) is 0 Å². The largest absolute Gasteiger partial charge is 0.309 e. The number of hydrogen-bond acceptors (Lipinski definition) is 1. The molecule has 186 valence electrons. The minimum atomic E-state index is 1.18. The molecule has 0 radical (unpaired) electrons. The fourth-order valence-corrected chi connectivity index (χ4v) is 7.93. The number of hydrogen-bond donors (Lipinski definition) is 0. The molecule has 0 saturated carbocycles. The summed E-state index contributed by atoms with van der Waals surface area (Å²) in [5.41, 5.74) is 6.17. The molecule has 2 aromatic heterocycles. The topological polar surface area (TPSA) is 4.93 Å². The molecule has 0 N–H and O–H groups in total. The van der Waals surface area contributed by atoms with Gasteiger partial charge in [-0.1, -0.05) is 115 Å². The van der Waals surface area contributed by atoms with E-state index in [2.05, 4.69) is 144 Å². The van der Waals surface area contributed by atoms with Crippen LogP contribution in [0.2, 0.25) is 0 Å². The number of thiophene rings is 1. The highest BCUT2D eigenvalue weighted by Gasteiger charge is 2.22. The van der Waals surface area contributed by atoms with Crippen LogP contribution in [-0.4, -0.2) is 4.57 Å². The monoisotopic (exact) mass is 525 g/mol. The van der Waals surface area contributed by atoms with Gasteiger partial charge in [-0.3, -0.25) is 0 Å². The van der Waals surface area contributed by atoms with E-state index in [1.807, 2.05) is 11.3 Å². The zero-order valence-corrected chi connectivity index (χ0v) is 22.5. The Bertz CT molecular complexity index is 2420. The lowest BCUT2D eigenvalue weighted by Crippen LogP contribution is -1.95. The van der Waals surface area contributed by atoms with Gasteiger partial charge in [-0.25, -0.2) is 0 Å². The maximum Gasteiger partial charge on any atom is 0.0640 e. The smallest absolute Gasteiger partial charge is 0.0640 e. The summed E-state index contributed by atoms with van der Waals surface area (Å²) in [6, 6.07) is 51.0. The Labute approximate surface area is 235 Å². The molecule has 0 saturated heterocycles. The molecule has 2 heterocycles. The van der Waals surface area contributed by atoms with Crippen LogP contribution < -0.4 is 0 Å². The molecule has 0 aliphatic rings. The van der Waals surface area contributed by atoms with Gasteiger partial charge in [0.2, 0.25) is 0 Å². The zero-order chi connectivity index (χ0) is 26.2. The summed E-state index contributed by atoms with van der Waals surface area (Å²) >= 11 is 1.92. The lowest BCUT2D eigenvalue weighted by Gasteiger charge is -2.13. The van der Waals surface area contributed by atoms with Crippen LogP contribution in [0.3, 0.4) is 0 Å². The van der Waals surface area contributed by atoms with Gasteiger partial charge in [0.15, 0.2) is 0 Å². The van der Waals surface area contributed by atoms with Crippen LogP contribution >= 0.6 is 11.3 Å². The number of para-hydroxylation sites is 1. The molecule has 0 atom stereocenters. The summed E-state index contributed by atoms with van der Waals surface area (Å²) in [5.74, 6) is 0. The normalized spacial score (nSPS) is 12.0.